The summed E-state index contributed by atoms with van der Waals surface area (Å²) in [5, 5.41) is 2.53. The largest absolute Gasteiger partial charge is 0.493 e. The Morgan fingerprint density at radius 3 is 2.53 bits per heavy atom. The molecule has 0 atom stereocenters. The lowest BCUT2D eigenvalue weighted by Crippen LogP contribution is -2.36. The second-order valence-electron chi connectivity index (χ2n) is 8.07. The Morgan fingerprint density at radius 2 is 1.88 bits per heavy atom. The number of ether oxygens (including phenoxy) is 3. The van der Waals surface area contributed by atoms with E-state index in [1.54, 1.807) is 30.3 Å². The zero-order valence-electron chi connectivity index (χ0n) is 19.4. The predicted molar refractivity (Wildman–Crippen MR) is 124 cm³/mol. The molecule has 0 aromatic heterocycles. The highest BCUT2D eigenvalue weighted by Gasteiger charge is 2.34. The van der Waals surface area contributed by atoms with Gasteiger partial charge in [-0.2, -0.15) is 13.2 Å². The molecule has 2 aromatic carbocycles. The van der Waals surface area contributed by atoms with Crippen LogP contribution in [0.25, 0.3) is 6.08 Å². The van der Waals surface area contributed by atoms with Gasteiger partial charge in [-0.1, -0.05) is 12.1 Å². The van der Waals surface area contributed by atoms with Crippen LogP contribution < -0.4 is 19.7 Å². The summed E-state index contributed by atoms with van der Waals surface area (Å²) in [4.78, 5) is 14.1. The van der Waals surface area contributed by atoms with Crippen molar-refractivity contribution in [1.82, 2.24) is 5.32 Å². The number of carbonyl (C=O) groups excluding carboxylic acids is 1. The van der Waals surface area contributed by atoms with Gasteiger partial charge in [-0.25, -0.2) is 0 Å². The number of methoxy groups -OCH3 is 1. The minimum absolute atomic E-state index is 0.00288. The van der Waals surface area contributed by atoms with Gasteiger partial charge in [0, 0.05) is 31.4 Å². The molecule has 9 heteroatoms. The Morgan fingerprint density at radius 1 is 1.15 bits per heavy atom. The molecule has 1 aliphatic rings. The molecule has 1 heterocycles. The smallest absolute Gasteiger partial charge is 0.416 e. The summed E-state index contributed by atoms with van der Waals surface area (Å²) in [6.07, 6.45) is -1.73. The summed E-state index contributed by atoms with van der Waals surface area (Å²) in [5.41, 5.74) is 0.424. The number of hydrogen-bond donors (Lipinski definition) is 1. The fraction of sp³-hybridized carbons (Fsp3) is 0.400. The summed E-state index contributed by atoms with van der Waals surface area (Å²) in [5.74, 6) is 0.595. The number of carbonyl (C=O) groups is 1. The maximum absolute atomic E-state index is 13.7. The maximum atomic E-state index is 13.7. The Hall–Kier alpha value is -3.20. The molecule has 1 amide bonds. The summed E-state index contributed by atoms with van der Waals surface area (Å²) in [6.45, 7) is 5.58. The summed E-state index contributed by atoms with van der Waals surface area (Å²) >= 11 is 0. The van der Waals surface area contributed by atoms with Crippen molar-refractivity contribution in [3.05, 3.63) is 59.2 Å². The number of amides is 1. The highest BCUT2D eigenvalue weighted by molar-refractivity contribution is 5.91. The molecule has 34 heavy (non-hydrogen) atoms. The standard InChI is InChI=1S/C25H29F3N2O4/c1-17(2)34-22-8-4-18(14-23(22)32-3)5-9-24(31)29-16-19-6-7-20(15-21(19)25(26,27)28)30-10-12-33-13-11-30/h4-9,14-15,17H,10-13,16H2,1-3H3,(H,29,31). The first-order valence-corrected chi connectivity index (χ1v) is 11.0. The zero-order valence-corrected chi connectivity index (χ0v) is 19.4. The van der Waals surface area contributed by atoms with E-state index in [0.29, 0.717) is 49.1 Å². The van der Waals surface area contributed by atoms with Crippen molar-refractivity contribution < 1.29 is 32.2 Å². The van der Waals surface area contributed by atoms with Gasteiger partial charge in [0.2, 0.25) is 5.91 Å². The van der Waals surface area contributed by atoms with Crippen LogP contribution in [0.2, 0.25) is 0 Å². The fourth-order valence-corrected chi connectivity index (χ4v) is 3.55. The van der Waals surface area contributed by atoms with Crippen molar-refractivity contribution in [3.8, 4) is 11.5 Å². The molecule has 184 valence electrons. The number of nitrogens with zero attached hydrogens (tertiary/aromatic N) is 1. The van der Waals surface area contributed by atoms with E-state index in [1.807, 2.05) is 18.7 Å². The SMILES string of the molecule is COc1cc(C=CC(=O)NCc2ccc(N3CCOCC3)cc2C(F)(F)F)ccc1OC(C)C. The number of alkyl halides is 3. The summed E-state index contributed by atoms with van der Waals surface area (Å²) in [6, 6.07) is 9.41. The number of anilines is 1. The molecule has 2 aromatic rings. The van der Waals surface area contributed by atoms with E-state index in [9.17, 15) is 18.0 Å². The van der Waals surface area contributed by atoms with Crippen molar-refractivity contribution in [2.24, 2.45) is 0 Å². The van der Waals surface area contributed by atoms with Gasteiger partial charge < -0.3 is 24.4 Å². The first-order chi connectivity index (χ1) is 16.2. The van der Waals surface area contributed by atoms with Crippen LogP contribution in [-0.4, -0.2) is 45.4 Å². The van der Waals surface area contributed by atoms with Crippen LogP contribution in [0.1, 0.15) is 30.5 Å². The Balaban J connectivity index is 1.67. The van der Waals surface area contributed by atoms with Crippen LogP contribution in [0.3, 0.4) is 0 Å². The van der Waals surface area contributed by atoms with Crippen molar-refractivity contribution in [3.63, 3.8) is 0 Å². The molecule has 1 saturated heterocycles. The van der Waals surface area contributed by atoms with Crippen molar-refractivity contribution >= 4 is 17.7 Å². The third kappa shape index (κ3) is 6.90. The zero-order chi connectivity index (χ0) is 24.7. The first kappa shape index (κ1) is 25.4. The lowest BCUT2D eigenvalue weighted by atomic mass is 10.0. The van der Waals surface area contributed by atoms with E-state index in [4.69, 9.17) is 14.2 Å². The number of rotatable bonds is 8. The number of hydrogen-bond acceptors (Lipinski definition) is 5. The van der Waals surface area contributed by atoms with E-state index in [1.165, 1.54) is 19.3 Å². The fourth-order valence-electron chi connectivity index (χ4n) is 3.55. The quantitative estimate of drug-likeness (QED) is 0.559. The summed E-state index contributed by atoms with van der Waals surface area (Å²) < 4.78 is 57.3. The van der Waals surface area contributed by atoms with Crippen LogP contribution in [0.4, 0.5) is 18.9 Å². The molecule has 3 rings (SSSR count). The van der Waals surface area contributed by atoms with Crippen LogP contribution in [0.5, 0.6) is 11.5 Å². The summed E-state index contributed by atoms with van der Waals surface area (Å²) in [7, 11) is 1.52. The van der Waals surface area contributed by atoms with Crippen LogP contribution >= 0.6 is 0 Å². The second kappa shape index (κ2) is 11.3. The molecule has 0 aliphatic carbocycles. The second-order valence-corrected chi connectivity index (χ2v) is 8.07. The molecule has 6 nitrogen and oxygen atoms in total. The molecule has 0 bridgehead atoms. The lowest BCUT2D eigenvalue weighted by molar-refractivity contribution is -0.138. The third-order valence-corrected chi connectivity index (χ3v) is 5.21. The number of nitrogens with one attached hydrogen (secondary N) is 1. The van der Waals surface area contributed by atoms with E-state index < -0.39 is 17.6 Å². The Bertz CT molecular complexity index is 1020. The average Bonchev–Trinajstić information content (AvgIpc) is 2.81. The van der Waals surface area contributed by atoms with Gasteiger partial charge in [0.05, 0.1) is 32.0 Å². The van der Waals surface area contributed by atoms with E-state index in [0.717, 1.165) is 6.07 Å². The van der Waals surface area contributed by atoms with Gasteiger partial charge in [-0.3, -0.25) is 4.79 Å². The maximum Gasteiger partial charge on any atom is 0.416 e. The molecule has 0 radical (unpaired) electrons. The third-order valence-electron chi connectivity index (χ3n) is 5.21. The minimum Gasteiger partial charge on any atom is -0.493 e. The van der Waals surface area contributed by atoms with E-state index in [-0.39, 0.29) is 18.2 Å². The molecule has 0 unspecified atom stereocenters. The highest BCUT2D eigenvalue weighted by atomic mass is 19.4. The van der Waals surface area contributed by atoms with Crippen molar-refractivity contribution in [2.45, 2.75) is 32.7 Å². The molecule has 0 spiro atoms. The molecular formula is C25H29F3N2O4. The number of halogens is 3. The van der Waals surface area contributed by atoms with Crippen LogP contribution in [0.15, 0.2) is 42.5 Å². The average molecular weight is 479 g/mol. The molecule has 1 N–H and O–H groups in total. The van der Waals surface area contributed by atoms with Crippen molar-refractivity contribution in [1.29, 1.82) is 0 Å². The number of morpholine rings is 1. The number of benzene rings is 2. The molecule has 0 saturated carbocycles. The normalized spacial score (nSPS) is 14.5. The molecule has 1 fully saturated rings. The van der Waals surface area contributed by atoms with Gasteiger partial charge in [-0.05, 0) is 55.3 Å². The van der Waals surface area contributed by atoms with Crippen LogP contribution in [0, 0.1) is 0 Å². The molecule has 1 aliphatic heterocycles. The minimum atomic E-state index is -4.53. The lowest BCUT2D eigenvalue weighted by Gasteiger charge is -2.29. The monoisotopic (exact) mass is 478 g/mol. The van der Waals surface area contributed by atoms with Gasteiger partial charge >= 0.3 is 6.18 Å². The highest BCUT2D eigenvalue weighted by Crippen LogP contribution is 2.35. The van der Waals surface area contributed by atoms with Gasteiger partial charge in [0.25, 0.3) is 0 Å². The van der Waals surface area contributed by atoms with E-state index >= 15 is 0 Å². The van der Waals surface area contributed by atoms with Crippen LogP contribution in [-0.2, 0) is 22.3 Å². The predicted octanol–water partition coefficient (Wildman–Crippen LogP) is 4.67. The Kier molecular flexibility index (Phi) is 8.44. The van der Waals surface area contributed by atoms with E-state index in [2.05, 4.69) is 5.32 Å². The van der Waals surface area contributed by atoms with Gasteiger partial charge in [0.1, 0.15) is 0 Å². The molecular weight excluding hydrogens is 449 g/mol. The van der Waals surface area contributed by atoms with Gasteiger partial charge in [0.15, 0.2) is 11.5 Å². The topological polar surface area (TPSA) is 60.0 Å². The van der Waals surface area contributed by atoms with Gasteiger partial charge in [-0.15, -0.1) is 0 Å². The van der Waals surface area contributed by atoms with Crippen molar-refractivity contribution in [2.75, 3.05) is 38.3 Å². The Labute approximate surface area is 197 Å². The first-order valence-electron chi connectivity index (χ1n) is 11.0.